The van der Waals surface area contributed by atoms with E-state index in [9.17, 15) is 9.59 Å². The van der Waals surface area contributed by atoms with E-state index in [1.807, 2.05) is 17.0 Å². The van der Waals surface area contributed by atoms with Gasteiger partial charge in [-0.2, -0.15) is 0 Å². The molecular weight excluding hydrogens is 316 g/mol. The zero-order valence-corrected chi connectivity index (χ0v) is 14.9. The topological polar surface area (TPSA) is 58.4 Å². The van der Waals surface area contributed by atoms with E-state index < -0.39 is 0 Å². The normalized spacial score (nSPS) is 18.0. The Morgan fingerprint density at radius 1 is 1.12 bits per heavy atom. The Hall–Kier alpha value is -2.37. The van der Waals surface area contributed by atoms with Gasteiger partial charge in [-0.25, -0.2) is 4.98 Å². The first-order valence-corrected chi connectivity index (χ1v) is 9.01. The van der Waals surface area contributed by atoms with E-state index in [1.54, 1.807) is 11.8 Å². The molecule has 1 saturated carbocycles. The van der Waals surface area contributed by atoms with E-state index in [4.69, 9.17) is 4.98 Å². The number of nitrogens with zero attached hydrogens (tertiary/aromatic N) is 4. The van der Waals surface area contributed by atoms with Crippen LogP contribution in [0.25, 0.3) is 11.0 Å². The fourth-order valence-electron chi connectivity index (χ4n) is 3.64. The van der Waals surface area contributed by atoms with Crippen molar-refractivity contribution in [3.8, 4) is 0 Å². The Morgan fingerprint density at radius 3 is 2.44 bits per heavy atom. The summed E-state index contributed by atoms with van der Waals surface area (Å²) in [6.45, 7) is 4.08. The van der Waals surface area contributed by atoms with Crippen LogP contribution in [0.4, 0.5) is 0 Å². The molecule has 0 unspecified atom stereocenters. The highest BCUT2D eigenvalue weighted by Crippen LogP contribution is 2.40. The third kappa shape index (κ3) is 3.13. The summed E-state index contributed by atoms with van der Waals surface area (Å²) in [5.74, 6) is 1.99. The molecule has 1 aliphatic heterocycles. The number of hydrogen-bond acceptors (Lipinski definition) is 3. The van der Waals surface area contributed by atoms with E-state index in [0.717, 1.165) is 16.6 Å². The first-order valence-electron chi connectivity index (χ1n) is 9.01. The van der Waals surface area contributed by atoms with Gasteiger partial charge in [-0.1, -0.05) is 6.07 Å². The molecule has 4 rings (SSSR count). The van der Waals surface area contributed by atoms with Gasteiger partial charge < -0.3 is 14.4 Å². The fraction of sp³-hybridized carbons (Fsp3) is 0.526. The molecule has 2 aromatic rings. The summed E-state index contributed by atoms with van der Waals surface area (Å²) in [6, 6.07) is 6.15. The van der Waals surface area contributed by atoms with Crippen molar-refractivity contribution in [3.05, 3.63) is 29.6 Å². The number of imidazole rings is 1. The van der Waals surface area contributed by atoms with Crippen LogP contribution in [0.1, 0.15) is 37.1 Å². The number of rotatable bonds is 3. The minimum absolute atomic E-state index is 0.0826. The van der Waals surface area contributed by atoms with Gasteiger partial charge in [-0.15, -0.1) is 0 Å². The molecule has 6 nitrogen and oxygen atoms in total. The van der Waals surface area contributed by atoms with E-state index in [-0.39, 0.29) is 11.8 Å². The Bertz CT molecular complexity index is 829. The van der Waals surface area contributed by atoms with Gasteiger partial charge in [0.2, 0.25) is 11.8 Å². The maximum atomic E-state index is 12.6. The molecule has 1 aromatic heterocycles. The number of fused-ring (bicyclic) bond motifs is 1. The first-order chi connectivity index (χ1) is 12.0. The minimum atomic E-state index is 0.0826. The van der Waals surface area contributed by atoms with Crippen LogP contribution in [0.15, 0.2) is 18.2 Å². The molecule has 0 bridgehead atoms. The molecule has 132 valence electrons. The third-order valence-corrected chi connectivity index (χ3v) is 5.36. The van der Waals surface area contributed by atoms with Crippen molar-refractivity contribution < 1.29 is 9.59 Å². The van der Waals surface area contributed by atoms with Crippen LogP contribution in [0.2, 0.25) is 0 Å². The molecule has 1 aliphatic carbocycles. The Labute approximate surface area is 147 Å². The molecule has 0 radical (unpaired) electrons. The fourth-order valence-corrected chi connectivity index (χ4v) is 3.64. The number of aryl methyl sites for hydroxylation is 1. The standard InChI is InChI=1S/C19H24N4O2/c1-13(24)22-7-9-23(10-8-22)18(25)12-14-3-6-17-16(11-14)20-19(21(17)2)15-4-5-15/h3,6,11,15H,4-5,7-10,12H2,1-2H3. The van der Waals surface area contributed by atoms with Crippen LogP contribution < -0.4 is 0 Å². The zero-order chi connectivity index (χ0) is 17.6. The molecule has 6 heteroatoms. The maximum absolute atomic E-state index is 12.6. The number of amides is 2. The molecule has 2 heterocycles. The van der Waals surface area contributed by atoms with E-state index >= 15 is 0 Å². The van der Waals surface area contributed by atoms with Gasteiger partial charge in [0.25, 0.3) is 0 Å². The summed E-state index contributed by atoms with van der Waals surface area (Å²) in [7, 11) is 2.07. The molecule has 2 amide bonds. The van der Waals surface area contributed by atoms with Crippen LogP contribution in [-0.4, -0.2) is 57.3 Å². The Balaban J connectivity index is 1.45. The van der Waals surface area contributed by atoms with Crippen molar-refractivity contribution >= 4 is 22.8 Å². The maximum Gasteiger partial charge on any atom is 0.227 e. The van der Waals surface area contributed by atoms with Crippen molar-refractivity contribution in [3.63, 3.8) is 0 Å². The summed E-state index contributed by atoms with van der Waals surface area (Å²) in [4.78, 5) is 32.4. The van der Waals surface area contributed by atoms with Crippen LogP contribution in [-0.2, 0) is 23.1 Å². The first kappa shape index (κ1) is 16.1. The number of carbonyl (C=O) groups is 2. The van der Waals surface area contributed by atoms with Crippen molar-refractivity contribution in [2.45, 2.75) is 32.1 Å². The monoisotopic (exact) mass is 340 g/mol. The van der Waals surface area contributed by atoms with Crippen LogP contribution >= 0.6 is 0 Å². The van der Waals surface area contributed by atoms with Crippen molar-refractivity contribution in [1.82, 2.24) is 19.4 Å². The van der Waals surface area contributed by atoms with Crippen LogP contribution in [0.5, 0.6) is 0 Å². The van der Waals surface area contributed by atoms with Crippen LogP contribution in [0.3, 0.4) is 0 Å². The largest absolute Gasteiger partial charge is 0.339 e. The molecule has 2 fully saturated rings. The number of benzene rings is 1. The summed E-state index contributed by atoms with van der Waals surface area (Å²) >= 11 is 0. The van der Waals surface area contributed by atoms with Gasteiger partial charge in [0.1, 0.15) is 5.82 Å². The Kier molecular flexibility index (Phi) is 3.98. The second-order valence-corrected chi connectivity index (χ2v) is 7.19. The lowest BCUT2D eigenvalue weighted by atomic mass is 10.1. The molecule has 0 spiro atoms. The van der Waals surface area contributed by atoms with Crippen molar-refractivity contribution in [2.75, 3.05) is 26.2 Å². The van der Waals surface area contributed by atoms with Gasteiger partial charge in [-0.05, 0) is 30.5 Å². The lowest BCUT2D eigenvalue weighted by Crippen LogP contribution is -2.50. The van der Waals surface area contributed by atoms with Crippen molar-refractivity contribution in [2.24, 2.45) is 7.05 Å². The highest BCUT2D eigenvalue weighted by molar-refractivity contribution is 5.82. The third-order valence-electron chi connectivity index (χ3n) is 5.36. The number of piperazine rings is 1. The quantitative estimate of drug-likeness (QED) is 0.854. The molecule has 0 N–H and O–H groups in total. The molecule has 2 aliphatic rings. The highest BCUT2D eigenvalue weighted by atomic mass is 16.2. The van der Waals surface area contributed by atoms with Gasteiger partial charge in [0.15, 0.2) is 0 Å². The predicted octanol–water partition coefficient (Wildman–Crippen LogP) is 1.68. The predicted molar refractivity (Wildman–Crippen MR) is 95.2 cm³/mol. The second kappa shape index (κ2) is 6.17. The summed E-state index contributed by atoms with van der Waals surface area (Å²) in [5, 5.41) is 0. The molecule has 1 aromatic carbocycles. The van der Waals surface area contributed by atoms with E-state index in [1.165, 1.54) is 18.7 Å². The number of hydrogen-bond donors (Lipinski definition) is 0. The average Bonchev–Trinajstić information content (AvgIpc) is 3.39. The van der Waals surface area contributed by atoms with Gasteiger partial charge in [0, 0.05) is 46.1 Å². The summed E-state index contributed by atoms with van der Waals surface area (Å²) in [5.41, 5.74) is 3.12. The number of aromatic nitrogens is 2. The van der Waals surface area contributed by atoms with E-state index in [2.05, 4.69) is 17.7 Å². The summed E-state index contributed by atoms with van der Waals surface area (Å²) in [6.07, 6.45) is 2.86. The number of carbonyl (C=O) groups excluding carboxylic acids is 2. The second-order valence-electron chi connectivity index (χ2n) is 7.19. The lowest BCUT2D eigenvalue weighted by molar-refractivity contribution is -0.138. The van der Waals surface area contributed by atoms with E-state index in [0.29, 0.717) is 38.5 Å². The zero-order valence-electron chi connectivity index (χ0n) is 14.9. The van der Waals surface area contributed by atoms with Gasteiger partial charge in [0.05, 0.1) is 17.5 Å². The smallest absolute Gasteiger partial charge is 0.227 e. The molecule has 0 atom stereocenters. The minimum Gasteiger partial charge on any atom is -0.339 e. The van der Waals surface area contributed by atoms with Crippen molar-refractivity contribution in [1.29, 1.82) is 0 Å². The Morgan fingerprint density at radius 2 is 1.80 bits per heavy atom. The van der Waals surface area contributed by atoms with Crippen LogP contribution in [0, 0.1) is 0 Å². The molecular formula is C19H24N4O2. The average molecular weight is 340 g/mol. The summed E-state index contributed by atoms with van der Waals surface area (Å²) < 4.78 is 2.18. The SMILES string of the molecule is CC(=O)N1CCN(C(=O)Cc2ccc3c(c2)nc(C2CC2)n3C)CC1. The van der Waals surface area contributed by atoms with Gasteiger partial charge >= 0.3 is 0 Å². The molecule has 1 saturated heterocycles. The molecule has 25 heavy (non-hydrogen) atoms. The van der Waals surface area contributed by atoms with Gasteiger partial charge in [-0.3, -0.25) is 9.59 Å². The lowest BCUT2D eigenvalue weighted by Gasteiger charge is -2.34. The highest BCUT2D eigenvalue weighted by Gasteiger charge is 2.28.